The topological polar surface area (TPSA) is 64.3 Å². The SMILES string of the molecule is CN(C(=O)CC#N)c1ccc(O)cc1. The fourth-order valence-corrected chi connectivity index (χ4v) is 1.01. The standard InChI is InChI=1S/C10H10N2O2/c1-12(10(14)6-7-11)8-2-4-9(13)5-3-8/h2-5,13H,6H2,1H3. The van der Waals surface area contributed by atoms with Gasteiger partial charge in [0.15, 0.2) is 0 Å². The second-order valence-corrected chi connectivity index (χ2v) is 2.80. The van der Waals surface area contributed by atoms with Crippen molar-refractivity contribution in [2.75, 3.05) is 11.9 Å². The van der Waals surface area contributed by atoms with Crippen molar-refractivity contribution < 1.29 is 9.90 Å². The fourth-order valence-electron chi connectivity index (χ4n) is 1.01. The van der Waals surface area contributed by atoms with Crippen molar-refractivity contribution in [3.05, 3.63) is 24.3 Å². The lowest BCUT2D eigenvalue weighted by molar-refractivity contribution is -0.117. The Labute approximate surface area is 82.0 Å². The summed E-state index contributed by atoms with van der Waals surface area (Å²) in [5, 5.41) is 17.4. The van der Waals surface area contributed by atoms with Crippen LogP contribution in [0.4, 0.5) is 5.69 Å². The number of benzene rings is 1. The number of carbonyl (C=O) groups excluding carboxylic acids is 1. The maximum atomic E-state index is 11.3. The van der Waals surface area contributed by atoms with Crippen LogP contribution in [-0.4, -0.2) is 18.1 Å². The van der Waals surface area contributed by atoms with Crippen LogP contribution in [0.5, 0.6) is 5.75 Å². The number of phenolic OH excluding ortho intramolecular Hbond substituents is 1. The molecule has 0 bridgehead atoms. The molecule has 0 aliphatic rings. The van der Waals surface area contributed by atoms with E-state index >= 15 is 0 Å². The van der Waals surface area contributed by atoms with Gasteiger partial charge in [-0.2, -0.15) is 5.26 Å². The second-order valence-electron chi connectivity index (χ2n) is 2.80. The summed E-state index contributed by atoms with van der Waals surface area (Å²) in [5.74, 6) is -0.118. The Morgan fingerprint density at radius 1 is 1.50 bits per heavy atom. The predicted octanol–water partition coefficient (Wildman–Crippen LogP) is 1.27. The van der Waals surface area contributed by atoms with Gasteiger partial charge in [0.05, 0.1) is 6.07 Å². The number of nitriles is 1. The number of anilines is 1. The van der Waals surface area contributed by atoms with Crippen molar-refractivity contribution in [3.8, 4) is 11.8 Å². The number of nitrogens with zero attached hydrogens (tertiary/aromatic N) is 2. The van der Waals surface area contributed by atoms with E-state index in [9.17, 15) is 4.79 Å². The van der Waals surface area contributed by atoms with Crippen LogP contribution in [-0.2, 0) is 4.79 Å². The van der Waals surface area contributed by atoms with Crippen molar-refractivity contribution >= 4 is 11.6 Å². The summed E-state index contributed by atoms with van der Waals surface area (Å²) in [6, 6.07) is 8.00. The Hall–Kier alpha value is -2.02. The van der Waals surface area contributed by atoms with E-state index in [0.717, 1.165) is 0 Å². The van der Waals surface area contributed by atoms with Crippen molar-refractivity contribution in [1.29, 1.82) is 5.26 Å². The van der Waals surface area contributed by atoms with Gasteiger partial charge in [0, 0.05) is 12.7 Å². The monoisotopic (exact) mass is 190 g/mol. The molecule has 0 spiro atoms. The minimum Gasteiger partial charge on any atom is -0.508 e. The summed E-state index contributed by atoms with van der Waals surface area (Å²) >= 11 is 0. The molecule has 1 aromatic rings. The summed E-state index contributed by atoms with van der Waals surface area (Å²) in [6.45, 7) is 0. The third-order valence-corrected chi connectivity index (χ3v) is 1.84. The molecule has 0 aliphatic carbocycles. The highest BCUT2D eigenvalue weighted by molar-refractivity contribution is 5.94. The minimum atomic E-state index is -0.266. The molecule has 0 unspecified atom stereocenters. The highest BCUT2D eigenvalue weighted by Gasteiger charge is 2.09. The Morgan fingerprint density at radius 3 is 2.57 bits per heavy atom. The number of aromatic hydroxyl groups is 1. The normalized spacial score (nSPS) is 9.14. The maximum absolute atomic E-state index is 11.3. The van der Waals surface area contributed by atoms with Gasteiger partial charge >= 0.3 is 0 Å². The van der Waals surface area contributed by atoms with E-state index in [1.807, 2.05) is 0 Å². The van der Waals surface area contributed by atoms with E-state index in [4.69, 9.17) is 10.4 Å². The molecule has 0 saturated heterocycles. The Bertz CT molecular complexity index is 365. The van der Waals surface area contributed by atoms with Gasteiger partial charge in [-0.05, 0) is 24.3 Å². The molecular formula is C10H10N2O2. The molecule has 0 aliphatic heterocycles. The molecule has 72 valence electrons. The van der Waals surface area contributed by atoms with Crippen molar-refractivity contribution in [1.82, 2.24) is 0 Å². The lowest BCUT2D eigenvalue weighted by atomic mass is 10.2. The van der Waals surface area contributed by atoms with Crippen LogP contribution in [0.25, 0.3) is 0 Å². The molecule has 0 saturated carbocycles. The quantitative estimate of drug-likeness (QED) is 0.763. The van der Waals surface area contributed by atoms with E-state index < -0.39 is 0 Å². The molecule has 0 atom stereocenters. The average molecular weight is 190 g/mol. The van der Waals surface area contributed by atoms with Crippen LogP contribution in [0.3, 0.4) is 0 Å². The van der Waals surface area contributed by atoms with Gasteiger partial charge in [-0.1, -0.05) is 0 Å². The number of phenols is 1. The minimum absolute atomic E-state index is 0.141. The fraction of sp³-hybridized carbons (Fsp3) is 0.200. The molecule has 0 radical (unpaired) electrons. The third-order valence-electron chi connectivity index (χ3n) is 1.84. The smallest absolute Gasteiger partial charge is 0.240 e. The maximum Gasteiger partial charge on any atom is 0.240 e. The molecule has 14 heavy (non-hydrogen) atoms. The molecule has 1 aromatic carbocycles. The first kappa shape index (κ1) is 10.1. The molecule has 1 N–H and O–H groups in total. The highest BCUT2D eigenvalue weighted by atomic mass is 16.3. The van der Waals surface area contributed by atoms with Gasteiger partial charge in [-0.3, -0.25) is 4.79 Å². The van der Waals surface area contributed by atoms with Crippen LogP contribution in [0.15, 0.2) is 24.3 Å². The lowest BCUT2D eigenvalue weighted by Crippen LogP contribution is -2.25. The van der Waals surface area contributed by atoms with Gasteiger partial charge in [0.2, 0.25) is 5.91 Å². The molecule has 0 heterocycles. The molecule has 0 aromatic heterocycles. The zero-order valence-corrected chi connectivity index (χ0v) is 7.77. The molecule has 4 heteroatoms. The Kier molecular flexibility index (Phi) is 3.08. The summed E-state index contributed by atoms with van der Waals surface area (Å²) in [5.41, 5.74) is 0.656. The molecule has 1 rings (SSSR count). The number of hydrogen-bond acceptors (Lipinski definition) is 3. The summed E-state index contributed by atoms with van der Waals surface area (Å²) in [4.78, 5) is 12.6. The van der Waals surface area contributed by atoms with E-state index in [1.165, 1.54) is 17.0 Å². The van der Waals surface area contributed by atoms with Crippen LogP contribution in [0.2, 0.25) is 0 Å². The van der Waals surface area contributed by atoms with Gasteiger partial charge in [0.1, 0.15) is 12.2 Å². The largest absolute Gasteiger partial charge is 0.508 e. The molecular weight excluding hydrogens is 180 g/mol. The highest BCUT2D eigenvalue weighted by Crippen LogP contribution is 2.17. The first-order chi connectivity index (χ1) is 6.65. The molecule has 4 nitrogen and oxygen atoms in total. The Morgan fingerprint density at radius 2 is 2.07 bits per heavy atom. The lowest BCUT2D eigenvalue weighted by Gasteiger charge is -2.15. The molecule has 1 amide bonds. The van der Waals surface area contributed by atoms with E-state index in [0.29, 0.717) is 5.69 Å². The van der Waals surface area contributed by atoms with Crippen LogP contribution < -0.4 is 4.90 Å². The van der Waals surface area contributed by atoms with Crippen molar-refractivity contribution in [2.45, 2.75) is 6.42 Å². The summed E-state index contributed by atoms with van der Waals surface area (Å²) < 4.78 is 0. The predicted molar refractivity (Wildman–Crippen MR) is 51.7 cm³/mol. The Balaban J connectivity index is 2.80. The van der Waals surface area contributed by atoms with E-state index in [-0.39, 0.29) is 18.1 Å². The van der Waals surface area contributed by atoms with Crippen molar-refractivity contribution in [3.63, 3.8) is 0 Å². The van der Waals surface area contributed by atoms with Crippen LogP contribution in [0.1, 0.15) is 6.42 Å². The van der Waals surface area contributed by atoms with Gasteiger partial charge in [-0.15, -0.1) is 0 Å². The first-order valence-corrected chi connectivity index (χ1v) is 4.07. The van der Waals surface area contributed by atoms with Gasteiger partial charge in [-0.25, -0.2) is 0 Å². The van der Waals surface area contributed by atoms with Crippen LogP contribution in [0, 0.1) is 11.3 Å². The van der Waals surface area contributed by atoms with Crippen molar-refractivity contribution in [2.24, 2.45) is 0 Å². The van der Waals surface area contributed by atoms with E-state index in [1.54, 1.807) is 25.2 Å². The number of hydrogen-bond donors (Lipinski definition) is 1. The molecule has 0 fully saturated rings. The van der Waals surface area contributed by atoms with E-state index in [2.05, 4.69) is 0 Å². The zero-order valence-electron chi connectivity index (χ0n) is 7.77. The third kappa shape index (κ3) is 2.23. The van der Waals surface area contributed by atoms with Gasteiger partial charge < -0.3 is 10.0 Å². The summed E-state index contributed by atoms with van der Waals surface area (Å²) in [6.07, 6.45) is -0.141. The number of amides is 1. The first-order valence-electron chi connectivity index (χ1n) is 4.07. The summed E-state index contributed by atoms with van der Waals surface area (Å²) in [7, 11) is 1.59. The van der Waals surface area contributed by atoms with Crippen LogP contribution >= 0.6 is 0 Å². The average Bonchev–Trinajstić information content (AvgIpc) is 2.18. The number of carbonyl (C=O) groups is 1. The zero-order chi connectivity index (χ0) is 10.6. The number of rotatable bonds is 2. The van der Waals surface area contributed by atoms with Gasteiger partial charge in [0.25, 0.3) is 0 Å². The second kappa shape index (κ2) is 4.28.